The van der Waals surface area contributed by atoms with Crippen LogP contribution in [0.1, 0.15) is 19.0 Å². The summed E-state index contributed by atoms with van der Waals surface area (Å²) in [4.78, 5) is 32.4. The second-order valence-electron chi connectivity index (χ2n) is 5.62. The van der Waals surface area contributed by atoms with E-state index in [2.05, 4.69) is 9.97 Å². The number of aryl methyl sites for hydroxylation is 1. The van der Waals surface area contributed by atoms with Crippen LogP contribution in [-0.2, 0) is 21.2 Å². The summed E-state index contributed by atoms with van der Waals surface area (Å²) in [5.74, 6) is 0.0777. The van der Waals surface area contributed by atoms with E-state index in [0.717, 1.165) is 18.5 Å². The maximum Gasteiger partial charge on any atom is 0.251 e. The molecular formula is C14H22N4O4S2. The number of thioether (sulfide) groups is 1. The molecule has 0 bridgehead atoms. The van der Waals surface area contributed by atoms with E-state index in [4.69, 9.17) is 0 Å². The Morgan fingerprint density at radius 2 is 2.00 bits per heavy atom. The second kappa shape index (κ2) is 8.13. The van der Waals surface area contributed by atoms with Gasteiger partial charge in [-0.2, -0.15) is 4.31 Å². The largest absolute Gasteiger partial charge is 0.339 e. The van der Waals surface area contributed by atoms with Crippen LogP contribution in [0.5, 0.6) is 0 Å². The highest BCUT2D eigenvalue weighted by molar-refractivity contribution is 7.99. The molecule has 24 heavy (non-hydrogen) atoms. The molecule has 0 aromatic carbocycles. The Kier molecular flexibility index (Phi) is 6.41. The Hall–Kier alpha value is -1.39. The van der Waals surface area contributed by atoms with Gasteiger partial charge in [-0.05, 0) is 6.42 Å². The molecule has 1 saturated heterocycles. The Labute approximate surface area is 145 Å². The summed E-state index contributed by atoms with van der Waals surface area (Å²) in [5, 5.41) is 0.439. The maximum atomic E-state index is 12.2. The Balaban J connectivity index is 1.89. The lowest BCUT2D eigenvalue weighted by molar-refractivity contribution is -0.129. The molecule has 0 unspecified atom stereocenters. The van der Waals surface area contributed by atoms with E-state index in [0.29, 0.717) is 31.3 Å². The molecule has 134 valence electrons. The lowest BCUT2D eigenvalue weighted by Crippen LogP contribution is -2.50. The highest BCUT2D eigenvalue weighted by Gasteiger charge is 2.25. The lowest BCUT2D eigenvalue weighted by atomic mass is 10.2. The zero-order chi connectivity index (χ0) is 17.7. The Bertz CT molecular complexity index is 739. The molecule has 0 spiro atoms. The van der Waals surface area contributed by atoms with Gasteiger partial charge in [-0.15, -0.1) is 0 Å². The summed E-state index contributed by atoms with van der Waals surface area (Å²) in [5.41, 5.74) is 0.503. The van der Waals surface area contributed by atoms with Gasteiger partial charge in [0.15, 0.2) is 5.16 Å². The van der Waals surface area contributed by atoms with Crippen molar-refractivity contribution < 1.29 is 13.2 Å². The van der Waals surface area contributed by atoms with Crippen LogP contribution >= 0.6 is 11.8 Å². The fourth-order valence-electron chi connectivity index (χ4n) is 2.43. The third-order valence-electron chi connectivity index (χ3n) is 3.67. The van der Waals surface area contributed by atoms with Gasteiger partial charge in [0.05, 0.1) is 12.0 Å². The molecule has 1 N–H and O–H groups in total. The zero-order valence-corrected chi connectivity index (χ0v) is 15.5. The van der Waals surface area contributed by atoms with Crippen molar-refractivity contribution in [1.82, 2.24) is 19.2 Å². The van der Waals surface area contributed by atoms with E-state index in [1.54, 1.807) is 4.90 Å². The van der Waals surface area contributed by atoms with Gasteiger partial charge >= 0.3 is 0 Å². The van der Waals surface area contributed by atoms with Crippen LogP contribution in [0.2, 0.25) is 0 Å². The number of piperazine rings is 1. The number of nitrogens with zero attached hydrogens (tertiary/aromatic N) is 3. The van der Waals surface area contributed by atoms with Crippen LogP contribution in [0.3, 0.4) is 0 Å². The number of aromatic amines is 1. The summed E-state index contributed by atoms with van der Waals surface area (Å²) < 4.78 is 24.3. The normalized spacial score (nSPS) is 16.3. The molecule has 1 aromatic heterocycles. The second-order valence-corrected chi connectivity index (χ2v) is 8.57. The van der Waals surface area contributed by atoms with Gasteiger partial charge in [0, 0.05) is 37.9 Å². The Morgan fingerprint density at radius 1 is 1.33 bits per heavy atom. The standard InChI is InChI=1S/C14H22N4O4S2/c1-3-4-11-9-12(19)16-14(15-11)23-10-13(20)17-5-7-18(8-6-17)24(2,21)22/h9H,3-8,10H2,1-2H3,(H,15,16,19). The third kappa shape index (κ3) is 5.32. The van der Waals surface area contributed by atoms with E-state index in [-0.39, 0.29) is 17.2 Å². The van der Waals surface area contributed by atoms with Crippen LogP contribution in [0.25, 0.3) is 0 Å². The quantitative estimate of drug-likeness (QED) is 0.552. The summed E-state index contributed by atoms with van der Waals surface area (Å²) >= 11 is 1.19. The van der Waals surface area contributed by atoms with E-state index in [9.17, 15) is 18.0 Å². The highest BCUT2D eigenvalue weighted by Crippen LogP contribution is 2.14. The number of sulfonamides is 1. The molecule has 8 nitrogen and oxygen atoms in total. The maximum absolute atomic E-state index is 12.2. The van der Waals surface area contributed by atoms with Gasteiger partial charge in [0.1, 0.15) is 0 Å². The number of amides is 1. The molecule has 1 aromatic rings. The van der Waals surface area contributed by atoms with Crippen molar-refractivity contribution in [1.29, 1.82) is 0 Å². The van der Waals surface area contributed by atoms with Gasteiger partial charge in [0.2, 0.25) is 15.9 Å². The monoisotopic (exact) mass is 374 g/mol. The molecule has 1 amide bonds. The fourth-order valence-corrected chi connectivity index (χ4v) is 4.05. The molecule has 1 aliphatic rings. The number of nitrogens with one attached hydrogen (secondary N) is 1. The molecule has 0 atom stereocenters. The summed E-state index contributed by atoms with van der Waals surface area (Å²) in [7, 11) is -3.20. The van der Waals surface area contributed by atoms with Crippen molar-refractivity contribution in [2.24, 2.45) is 0 Å². The first-order chi connectivity index (χ1) is 11.3. The van der Waals surface area contributed by atoms with Gasteiger partial charge in [-0.1, -0.05) is 25.1 Å². The molecule has 10 heteroatoms. The summed E-state index contributed by atoms with van der Waals surface area (Å²) in [6.45, 7) is 3.40. The smallest absolute Gasteiger partial charge is 0.251 e. The molecule has 2 heterocycles. The summed E-state index contributed by atoms with van der Waals surface area (Å²) in [6, 6.07) is 1.47. The van der Waals surface area contributed by atoms with Crippen molar-refractivity contribution in [3.8, 4) is 0 Å². The molecule has 2 rings (SSSR count). The first kappa shape index (κ1) is 18.9. The first-order valence-electron chi connectivity index (χ1n) is 7.75. The highest BCUT2D eigenvalue weighted by atomic mass is 32.2. The van der Waals surface area contributed by atoms with Crippen LogP contribution in [0.15, 0.2) is 16.0 Å². The number of carbonyl (C=O) groups is 1. The van der Waals surface area contributed by atoms with Crippen LogP contribution in [0.4, 0.5) is 0 Å². The summed E-state index contributed by atoms with van der Waals surface area (Å²) in [6.07, 6.45) is 2.79. The predicted octanol–water partition coefficient (Wildman–Crippen LogP) is -0.0817. The number of hydrogen-bond donors (Lipinski definition) is 1. The molecule has 0 saturated carbocycles. The van der Waals surface area contributed by atoms with Crippen molar-refractivity contribution in [2.45, 2.75) is 24.9 Å². The van der Waals surface area contributed by atoms with Crippen molar-refractivity contribution >= 4 is 27.7 Å². The number of hydrogen-bond acceptors (Lipinski definition) is 6. The number of carbonyl (C=O) groups excluding carboxylic acids is 1. The van der Waals surface area contributed by atoms with E-state index < -0.39 is 10.0 Å². The molecule has 0 aliphatic carbocycles. The number of aromatic nitrogens is 2. The Morgan fingerprint density at radius 3 is 2.58 bits per heavy atom. The van der Waals surface area contributed by atoms with Gasteiger partial charge in [-0.3, -0.25) is 9.59 Å². The number of H-pyrrole nitrogens is 1. The minimum absolute atomic E-state index is 0.0864. The zero-order valence-electron chi connectivity index (χ0n) is 13.8. The molecule has 1 aliphatic heterocycles. The molecule has 1 fully saturated rings. The van der Waals surface area contributed by atoms with Crippen LogP contribution < -0.4 is 5.56 Å². The van der Waals surface area contributed by atoms with Gasteiger partial charge in [0.25, 0.3) is 5.56 Å². The minimum atomic E-state index is -3.20. The van der Waals surface area contributed by atoms with Gasteiger partial charge < -0.3 is 9.88 Å². The van der Waals surface area contributed by atoms with Gasteiger partial charge in [-0.25, -0.2) is 13.4 Å². The van der Waals surface area contributed by atoms with E-state index in [1.165, 1.54) is 28.4 Å². The molecular weight excluding hydrogens is 352 g/mol. The lowest BCUT2D eigenvalue weighted by Gasteiger charge is -2.33. The van der Waals surface area contributed by atoms with E-state index in [1.807, 2.05) is 6.92 Å². The predicted molar refractivity (Wildman–Crippen MR) is 92.6 cm³/mol. The SMILES string of the molecule is CCCc1cc(=O)[nH]c(SCC(=O)N2CCN(S(C)(=O)=O)CC2)n1. The van der Waals surface area contributed by atoms with Crippen molar-refractivity contribution in [3.63, 3.8) is 0 Å². The van der Waals surface area contributed by atoms with Crippen molar-refractivity contribution in [2.75, 3.05) is 38.2 Å². The fraction of sp³-hybridized carbons (Fsp3) is 0.643. The first-order valence-corrected chi connectivity index (χ1v) is 10.6. The number of rotatable bonds is 6. The average Bonchev–Trinajstić information content (AvgIpc) is 2.52. The average molecular weight is 374 g/mol. The van der Waals surface area contributed by atoms with Crippen LogP contribution in [0, 0.1) is 0 Å². The van der Waals surface area contributed by atoms with Crippen molar-refractivity contribution in [3.05, 3.63) is 22.1 Å². The molecule has 0 radical (unpaired) electrons. The van der Waals surface area contributed by atoms with Crippen LogP contribution in [-0.4, -0.2) is 71.7 Å². The van der Waals surface area contributed by atoms with E-state index >= 15 is 0 Å². The third-order valence-corrected chi connectivity index (χ3v) is 5.83. The minimum Gasteiger partial charge on any atom is -0.339 e. The topological polar surface area (TPSA) is 103 Å².